The molecule has 0 aromatic carbocycles. The van der Waals surface area contributed by atoms with E-state index < -0.39 is 0 Å². The van der Waals surface area contributed by atoms with E-state index in [1.165, 1.54) is 6.42 Å². The molecule has 1 aliphatic rings. The molecule has 0 bridgehead atoms. The molecule has 0 saturated heterocycles. The second-order valence-electron chi connectivity index (χ2n) is 6.35. The van der Waals surface area contributed by atoms with E-state index in [-0.39, 0.29) is 0 Å². The van der Waals surface area contributed by atoms with Crippen molar-refractivity contribution in [2.24, 2.45) is 11.8 Å². The molecule has 112 valence electrons. The number of ether oxygens (including phenoxy) is 1. The molecule has 2 rings (SSSR count). The van der Waals surface area contributed by atoms with Gasteiger partial charge in [-0.05, 0) is 49.1 Å². The minimum atomic E-state index is 0.307. The first-order valence-electron chi connectivity index (χ1n) is 7.83. The Balaban J connectivity index is 2.09. The van der Waals surface area contributed by atoms with Gasteiger partial charge in [0.15, 0.2) is 0 Å². The van der Waals surface area contributed by atoms with Crippen LogP contribution in [-0.2, 0) is 12.3 Å². The molecule has 0 aliphatic heterocycles. The number of rotatable bonds is 5. The van der Waals surface area contributed by atoms with Crippen LogP contribution in [0, 0.1) is 11.8 Å². The summed E-state index contributed by atoms with van der Waals surface area (Å²) in [5.74, 6) is 2.77. The van der Waals surface area contributed by atoms with Crippen molar-refractivity contribution in [3.05, 3.63) is 23.4 Å². The maximum atomic E-state index is 6.16. The molecule has 0 radical (unpaired) electrons. The zero-order valence-electron chi connectivity index (χ0n) is 12.9. The molecule has 20 heavy (non-hydrogen) atoms. The lowest BCUT2D eigenvalue weighted by molar-refractivity contribution is 0.0964. The van der Waals surface area contributed by atoms with Gasteiger partial charge in [0.25, 0.3) is 0 Å². The summed E-state index contributed by atoms with van der Waals surface area (Å²) >= 11 is 5.98. The Morgan fingerprint density at radius 1 is 1.20 bits per heavy atom. The smallest absolute Gasteiger partial charge is 0.214 e. The molecule has 0 N–H and O–H groups in total. The zero-order valence-corrected chi connectivity index (χ0v) is 13.6. The highest BCUT2D eigenvalue weighted by molar-refractivity contribution is 6.17. The standard InChI is InChI=1S/C17H26ClNO/c1-4-5-15-9-14(11-18)10-17(19-15)20-16-7-12(2)6-13(3)8-16/h9-10,12-13,16H,4-8,11H2,1-3H3. The van der Waals surface area contributed by atoms with E-state index in [0.29, 0.717) is 12.0 Å². The Kier molecular flexibility index (Phi) is 5.71. The van der Waals surface area contributed by atoms with E-state index in [1.807, 2.05) is 6.07 Å². The third-order valence-electron chi connectivity index (χ3n) is 4.00. The SMILES string of the molecule is CCCc1cc(CCl)cc(OC2CC(C)CC(C)C2)n1. The minimum Gasteiger partial charge on any atom is -0.474 e. The fraction of sp³-hybridized carbons (Fsp3) is 0.706. The van der Waals surface area contributed by atoms with E-state index in [2.05, 4.69) is 31.8 Å². The van der Waals surface area contributed by atoms with Gasteiger partial charge in [0, 0.05) is 17.6 Å². The highest BCUT2D eigenvalue weighted by Crippen LogP contribution is 2.31. The van der Waals surface area contributed by atoms with Gasteiger partial charge in [0.2, 0.25) is 5.88 Å². The molecule has 1 aromatic rings. The molecular formula is C17H26ClNO. The molecule has 2 atom stereocenters. The fourth-order valence-electron chi connectivity index (χ4n) is 3.28. The van der Waals surface area contributed by atoms with Crippen molar-refractivity contribution in [2.45, 2.75) is 64.9 Å². The molecule has 0 spiro atoms. The largest absolute Gasteiger partial charge is 0.474 e. The van der Waals surface area contributed by atoms with Crippen LogP contribution in [0.2, 0.25) is 0 Å². The quantitative estimate of drug-likeness (QED) is 0.715. The molecule has 1 fully saturated rings. The monoisotopic (exact) mass is 295 g/mol. The van der Waals surface area contributed by atoms with Gasteiger partial charge >= 0.3 is 0 Å². The van der Waals surface area contributed by atoms with Crippen molar-refractivity contribution in [1.29, 1.82) is 0 Å². The molecule has 2 nitrogen and oxygen atoms in total. The Bertz CT molecular complexity index is 425. The molecule has 1 aromatic heterocycles. The first-order valence-corrected chi connectivity index (χ1v) is 8.36. The van der Waals surface area contributed by atoms with E-state index in [9.17, 15) is 0 Å². The van der Waals surface area contributed by atoms with Gasteiger partial charge in [-0.3, -0.25) is 0 Å². The lowest BCUT2D eigenvalue weighted by Crippen LogP contribution is -2.28. The first kappa shape index (κ1) is 15.6. The summed E-state index contributed by atoms with van der Waals surface area (Å²) in [6.07, 6.45) is 5.98. The topological polar surface area (TPSA) is 22.1 Å². The fourth-order valence-corrected chi connectivity index (χ4v) is 3.44. The first-order chi connectivity index (χ1) is 9.60. The predicted octanol–water partition coefficient (Wildman–Crippen LogP) is 4.98. The van der Waals surface area contributed by atoms with Gasteiger partial charge in [-0.15, -0.1) is 11.6 Å². The van der Waals surface area contributed by atoms with Crippen molar-refractivity contribution < 1.29 is 4.74 Å². The van der Waals surface area contributed by atoms with Gasteiger partial charge in [-0.1, -0.05) is 27.2 Å². The summed E-state index contributed by atoms with van der Waals surface area (Å²) in [6, 6.07) is 4.09. The van der Waals surface area contributed by atoms with Crippen LogP contribution in [0.1, 0.15) is 57.7 Å². The average molecular weight is 296 g/mol. The van der Waals surface area contributed by atoms with Gasteiger partial charge in [-0.2, -0.15) is 0 Å². The van der Waals surface area contributed by atoms with Gasteiger partial charge < -0.3 is 4.74 Å². The molecule has 2 unspecified atom stereocenters. The van der Waals surface area contributed by atoms with E-state index in [1.54, 1.807) is 0 Å². The van der Waals surface area contributed by atoms with E-state index in [0.717, 1.165) is 54.7 Å². The lowest BCUT2D eigenvalue weighted by Gasteiger charge is -2.31. The number of hydrogen-bond acceptors (Lipinski definition) is 2. The van der Waals surface area contributed by atoms with Crippen molar-refractivity contribution in [3.8, 4) is 5.88 Å². The molecular weight excluding hydrogens is 270 g/mol. The minimum absolute atomic E-state index is 0.307. The Morgan fingerprint density at radius 2 is 1.90 bits per heavy atom. The summed E-state index contributed by atoms with van der Waals surface area (Å²) in [4.78, 5) is 4.63. The maximum Gasteiger partial charge on any atom is 0.214 e. The molecule has 0 amide bonds. The molecule has 3 heteroatoms. The van der Waals surface area contributed by atoms with Crippen molar-refractivity contribution >= 4 is 11.6 Å². The number of alkyl halides is 1. The second kappa shape index (κ2) is 7.31. The van der Waals surface area contributed by atoms with Crippen LogP contribution in [0.5, 0.6) is 5.88 Å². The van der Waals surface area contributed by atoms with Crippen LogP contribution in [0.3, 0.4) is 0 Å². The zero-order chi connectivity index (χ0) is 14.5. The molecule has 1 aliphatic carbocycles. The predicted molar refractivity (Wildman–Crippen MR) is 84.4 cm³/mol. The molecule has 1 saturated carbocycles. The van der Waals surface area contributed by atoms with Gasteiger partial charge in [0.05, 0.1) is 0 Å². The third-order valence-corrected chi connectivity index (χ3v) is 4.31. The number of aryl methyl sites for hydroxylation is 1. The van der Waals surface area contributed by atoms with Crippen LogP contribution in [0.15, 0.2) is 12.1 Å². The number of hydrogen-bond donors (Lipinski definition) is 0. The Hall–Kier alpha value is -0.760. The van der Waals surface area contributed by atoms with Gasteiger partial charge in [-0.25, -0.2) is 4.98 Å². The molecule has 1 heterocycles. The normalized spacial score (nSPS) is 26.5. The summed E-state index contributed by atoms with van der Waals surface area (Å²) in [5, 5.41) is 0. The highest BCUT2D eigenvalue weighted by atomic mass is 35.5. The van der Waals surface area contributed by atoms with Crippen LogP contribution < -0.4 is 4.74 Å². The third kappa shape index (κ3) is 4.37. The van der Waals surface area contributed by atoms with Crippen molar-refractivity contribution in [2.75, 3.05) is 0 Å². The van der Waals surface area contributed by atoms with Crippen molar-refractivity contribution in [1.82, 2.24) is 4.98 Å². The number of nitrogens with zero attached hydrogens (tertiary/aromatic N) is 1. The summed E-state index contributed by atoms with van der Waals surface area (Å²) in [6.45, 7) is 6.80. The van der Waals surface area contributed by atoms with Crippen LogP contribution in [-0.4, -0.2) is 11.1 Å². The summed E-state index contributed by atoms with van der Waals surface area (Å²) < 4.78 is 6.16. The Labute approximate surface area is 127 Å². The van der Waals surface area contributed by atoms with Crippen LogP contribution in [0.25, 0.3) is 0 Å². The average Bonchev–Trinajstić information content (AvgIpc) is 2.37. The van der Waals surface area contributed by atoms with E-state index >= 15 is 0 Å². The Morgan fingerprint density at radius 3 is 2.50 bits per heavy atom. The maximum absolute atomic E-state index is 6.16. The second-order valence-corrected chi connectivity index (χ2v) is 6.61. The van der Waals surface area contributed by atoms with Gasteiger partial charge in [0.1, 0.15) is 6.10 Å². The summed E-state index contributed by atoms with van der Waals surface area (Å²) in [7, 11) is 0. The number of aromatic nitrogens is 1. The van der Waals surface area contributed by atoms with Crippen molar-refractivity contribution in [3.63, 3.8) is 0 Å². The lowest BCUT2D eigenvalue weighted by atomic mass is 9.82. The van der Waals surface area contributed by atoms with Crippen LogP contribution >= 0.6 is 11.6 Å². The summed E-state index contributed by atoms with van der Waals surface area (Å²) in [5.41, 5.74) is 2.20. The van der Waals surface area contributed by atoms with Crippen LogP contribution in [0.4, 0.5) is 0 Å². The number of halogens is 1. The van der Waals surface area contributed by atoms with E-state index in [4.69, 9.17) is 16.3 Å². The number of pyridine rings is 1. The highest BCUT2D eigenvalue weighted by Gasteiger charge is 2.25.